The van der Waals surface area contributed by atoms with Crippen LogP contribution in [0, 0.1) is 29.2 Å². The van der Waals surface area contributed by atoms with Crippen molar-refractivity contribution in [3.05, 3.63) is 174 Å². The van der Waals surface area contributed by atoms with Crippen molar-refractivity contribution in [2.45, 2.75) is 0 Å². The van der Waals surface area contributed by atoms with E-state index in [4.69, 9.17) is 6.57 Å². The highest BCUT2D eigenvalue weighted by atomic mass is 15.0. The van der Waals surface area contributed by atoms with Crippen molar-refractivity contribution in [2.75, 3.05) is 0 Å². The minimum Gasteiger partial charge on any atom is -0.310 e. The standard InChI is InChI=1S/C45H25N5/c1-48-34-17-20-38-40-24-30(28-47)14-22-44(40)50(45(38)26-34)43-21-13-29(27-46)23-39(43)33-8-6-7-32(25-33)31-15-18-35(19-16-31)49-41-11-4-2-9-36(41)37-10-3-5-12-42(37)49/h2-26H. The van der Waals surface area contributed by atoms with E-state index >= 15 is 0 Å². The van der Waals surface area contributed by atoms with Gasteiger partial charge in [0.05, 0.1) is 52.1 Å². The van der Waals surface area contributed by atoms with Gasteiger partial charge in [0.25, 0.3) is 0 Å². The molecule has 230 valence electrons. The van der Waals surface area contributed by atoms with Gasteiger partial charge in [0.2, 0.25) is 0 Å². The molecular weight excluding hydrogens is 611 g/mol. The summed E-state index contributed by atoms with van der Waals surface area (Å²) >= 11 is 0. The Balaban J connectivity index is 1.19. The molecule has 0 atom stereocenters. The van der Waals surface area contributed by atoms with E-state index in [1.807, 2.05) is 54.6 Å². The van der Waals surface area contributed by atoms with Crippen LogP contribution in [-0.4, -0.2) is 9.13 Å². The number of nitrogens with zero attached hydrogens (tertiary/aromatic N) is 5. The number of aromatic nitrogens is 2. The summed E-state index contributed by atoms with van der Waals surface area (Å²) in [6, 6.07) is 55.8. The van der Waals surface area contributed by atoms with E-state index in [9.17, 15) is 10.5 Å². The molecule has 50 heavy (non-hydrogen) atoms. The summed E-state index contributed by atoms with van der Waals surface area (Å²) in [5, 5.41) is 24.0. The molecule has 0 aliphatic rings. The van der Waals surface area contributed by atoms with Gasteiger partial charge in [0.1, 0.15) is 0 Å². The van der Waals surface area contributed by atoms with E-state index < -0.39 is 0 Å². The van der Waals surface area contributed by atoms with Crippen molar-refractivity contribution in [3.63, 3.8) is 0 Å². The maximum Gasteiger partial charge on any atom is 0.189 e. The molecule has 0 radical (unpaired) electrons. The Hall–Kier alpha value is -7.39. The largest absolute Gasteiger partial charge is 0.310 e. The van der Waals surface area contributed by atoms with Gasteiger partial charge in [-0.2, -0.15) is 10.5 Å². The van der Waals surface area contributed by atoms with E-state index in [2.05, 4.69) is 123 Å². The van der Waals surface area contributed by atoms with E-state index in [1.54, 1.807) is 0 Å². The number of para-hydroxylation sites is 2. The number of fused-ring (bicyclic) bond motifs is 6. The van der Waals surface area contributed by atoms with E-state index in [0.29, 0.717) is 16.8 Å². The normalized spacial score (nSPS) is 11.1. The molecule has 0 fully saturated rings. The fraction of sp³-hybridized carbons (Fsp3) is 0. The molecule has 0 saturated heterocycles. The highest BCUT2D eigenvalue weighted by Crippen LogP contribution is 2.39. The van der Waals surface area contributed by atoms with Gasteiger partial charge in [0, 0.05) is 38.3 Å². The number of benzene rings is 7. The Morgan fingerprint density at radius 1 is 0.460 bits per heavy atom. The monoisotopic (exact) mass is 635 g/mol. The zero-order valence-electron chi connectivity index (χ0n) is 26.7. The first-order valence-electron chi connectivity index (χ1n) is 16.2. The van der Waals surface area contributed by atoms with Crippen LogP contribution in [0.2, 0.25) is 0 Å². The average molecular weight is 636 g/mol. The van der Waals surface area contributed by atoms with Crippen LogP contribution >= 0.6 is 0 Å². The Morgan fingerprint density at radius 3 is 1.82 bits per heavy atom. The molecule has 0 amide bonds. The maximum absolute atomic E-state index is 9.95. The molecule has 5 nitrogen and oxygen atoms in total. The number of hydrogen-bond donors (Lipinski definition) is 0. The lowest BCUT2D eigenvalue weighted by molar-refractivity contribution is 1.18. The van der Waals surface area contributed by atoms with Crippen LogP contribution in [0.4, 0.5) is 5.69 Å². The predicted molar refractivity (Wildman–Crippen MR) is 202 cm³/mol. The summed E-state index contributed by atoms with van der Waals surface area (Å²) in [6.07, 6.45) is 0. The van der Waals surface area contributed by atoms with Crippen LogP contribution in [0.1, 0.15) is 11.1 Å². The van der Waals surface area contributed by atoms with Crippen LogP contribution < -0.4 is 0 Å². The quantitative estimate of drug-likeness (QED) is 0.181. The second kappa shape index (κ2) is 11.4. The van der Waals surface area contributed by atoms with Gasteiger partial charge >= 0.3 is 0 Å². The number of rotatable bonds is 4. The van der Waals surface area contributed by atoms with Gasteiger partial charge in [-0.05, 0) is 89.5 Å². The summed E-state index contributed by atoms with van der Waals surface area (Å²) in [5.41, 5.74) is 11.8. The number of nitriles is 2. The average Bonchev–Trinajstić information content (AvgIpc) is 3.69. The van der Waals surface area contributed by atoms with Crippen molar-refractivity contribution in [1.29, 1.82) is 10.5 Å². The molecular formula is C45H25N5. The maximum atomic E-state index is 9.95. The summed E-state index contributed by atoms with van der Waals surface area (Å²) in [7, 11) is 0. The van der Waals surface area contributed by atoms with Crippen molar-refractivity contribution in [3.8, 4) is 45.8 Å². The molecule has 2 heterocycles. The fourth-order valence-corrected chi connectivity index (χ4v) is 7.31. The molecule has 0 N–H and O–H groups in total. The molecule has 0 aliphatic heterocycles. The third-order valence-corrected chi connectivity index (χ3v) is 9.59. The van der Waals surface area contributed by atoms with Crippen LogP contribution in [-0.2, 0) is 0 Å². The lowest BCUT2D eigenvalue weighted by Crippen LogP contribution is -1.98. The van der Waals surface area contributed by atoms with Gasteiger partial charge in [0.15, 0.2) is 5.69 Å². The molecule has 5 heteroatoms. The van der Waals surface area contributed by atoms with Crippen molar-refractivity contribution >= 4 is 49.3 Å². The van der Waals surface area contributed by atoms with Crippen LogP contribution in [0.25, 0.3) is 82.1 Å². The van der Waals surface area contributed by atoms with Crippen molar-refractivity contribution in [2.24, 2.45) is 0 Å². The topological polar surface area (TPSA) is 61.8 Å². The molecule has 0 bridgehead atoms. The zero-order valence-corrected chi connectivity index (χ0v) is 26.7. The molecule has 7 aromatic carbocycles. The molecule has 0 saturated carbocycles. The third-order valence-electron chi connectivity index (χ3n) is 9.59. The fourth-order valence-electron chi connectivity index (χ4n) is 7.31. The smallest absolute Gasteiger partial charge is 0.189 e. The van der Waals surface area contributed by atoms with Gasteiger partial charge in [-0.1, -0.05) is 78.9 Å². The Morgan fingerprint density at radius 2 is 1.10 bits per heavy atom. The Kier molecular flexibility index (Phi) is 6.56. The first-order valence-corrected chi connectivity index (χ1v) is 16.2. The number of hydrogen-bond acceptors (Lipinski definition) is 2. The lowest BCUT2D eigenvalue weighted by atomic mass is 9.96. The molecule has 9 rings (SSSR count). The van der Waals surface area contributed by atoms with Crippen LogP contribution in [0.3, 0.4) is 0 Å². The molecule has 2 aromatic heterocycles. The second-order valence-electron chi connectivity index (χ2n) is 12.3. The van der Waals surface area contributed by atoms with Gasteiger partial charge in [-0.3, -0.25) is 0 Å². The highest BCUT2D eigenvalue weighted by Gasteiger charge is 2.18. The van der Waals surface area contributed by atoms with E-state index in [0.717, 1.165) is 55.4 Å². The molecule has 0 aliphatic carbocycles. The van der Waals surface area contributed by atoms with Crippen LogP contribution in [0.15, 0.2) is 152 Å². The van der Waals surface area contributed by atoms with Gasteiger partial charge in [-0.25, -0.2) is 4.85 Å². The van der Waals surface area contributed by atoms with Gasteiger partial charge < -0.3 is 9.13 Å². The third kappa shape index (κ3) is 4.45. The van der Waals surface area contributed by atoms with Gasteiger partial charge in [-0.15, -0.1) is 0 Å². The first kappa shape index (κ1) is 28.8. The van der Waals surface area contributed by atoms with Crippen molar-refractivity contribution in [1.82, 2.24) is 9.13 Å². The summed E-state index contributed by atoms with van der Waals surface area (Å²) in [6.45, 7) is 7.69. The summed E-state index contributed by atoms with van der Waals surface area (Å²) in [5.74, 6) is 0. The molecule has 9 aromatic rings. The van der Waals surface area contributed by atoms with E-state index in [1.165, 1.54) is 21.8 Å². The SMILES string of the molecule is [C-]#[N+]c1ccc2c3cc(C#N)ccc3n(-c3ccc(C#N)cc3-c3cccc(-c4ccc(-n5c6ccccc6c6ccccc65)cc4)c3)c2c1. The predicted octanol–water partition coefficient (Wildman–Crippen LogP) is 11.5. The first-order chi connectivity index (χ1) is 24.6. The van der Waals surface area contributed by atoms with E-state index in [-0.39, 0.29) is 0 Å². The summed E-state index contributed by atoms with van der Waals surface area (Å²) in [4.78, 5) is 3.70. The molecule has 0 unspecified atom stereocenters. The Bertz CT molecular complexity index is 2900. The second-order valence-corrected chi connectivity index (χ2v) is 12.3. The minimum absolute atomic E-state index is 0.531. The van der Waals surface area contributed by atoms with Crippen molar-refractivity contribution < 1.29 is 0 Å². The Labute approximate surface area is 288 Å². The zero-order chi connectivity index (χ0) is 33.8. The lowest BCUT2D eigenvalue weighted by Gasteiger charge is -2.16. The van der Waals surface area contributed by atoms with Crippen LogP contribution in [0.5, 0.6) is 0 Å². The minimum atomic E-state index is 0.531. The molecule has 0 spiro atoms. The highest BCUT2D eigenvalue weighted by molar-refractivity contribution is 6.11. The summed E-state index contributed by atoms with van der Waals surface area (Å²) < 4.78 is 4.46.